The molecular weight excluding hydrogens is 920 g/mol. The van der Waals surface area contributed by atoms with Crippen LogP contribution in [0.3, 0.4) is 0 Å². The van der Waals surface area contributed by atoms with E-state index in [0.717, 1.165) is 3.84 Å². The van der Waals surface area contributed by atoms with Crippen LogP contribution in [0.1, 0.15) is 0 Å². The minimum Gasteiger partial charge on any atom is 0 e. The number of aromatic nitrogens is 2. The maximum Gasteiger partial charge on any atom is 0 e. The number of rotatable bonds is 0. The minimum absolute atomic E-state index is 0. The Hall–Kier alpha value is 3.10. The Kier molecular flexibility index (Phi) is 33.6. The first-order chi connectivity index (χ1) is 3.39. The number of hydrogen-bond acceptors (Lipinski definition) is 2. The van der Waals surface area contributed by atoms with E-state index in [2.05, 4.69) is 9.97 Å². The summed E-state index contributed by atoms with van der Waals surface area (Å²) in [4.78, 5) is 7.82. The van der Waals surface area contributed by atoms with Crippen molar-refractivity contribution in [2.75, 3.05) is 0 Å². The standard InChI is InChI=1S/C4H3N2.B.Sn.3U/c1-2-5-4-6-3-1;;;;;/h1-3H;;;;;. The maximum atomic E-state index is 3.91. The zero-order valence-corrected chi connectivity index (χ0v) is 21.0. The normalized spacial score (nSPS) is 5.55. The molecule has 0 bridgehead atoms. The van der Waals surface area contributed by atoms with Crippen LogP contribution in [0.4, 0.5) is 0 Å². The van der Waals surface area contributed by atoms with Crippen LogP contribution in [0.2, 0.25) is 0 Å². The molecule has 0 aliphatic heterocycles. The van der Waals surface area contributed by atoms with Crippen molar-refractivity contribution in [2.24, 2.45) is 0 Å². The van der Waals surface area contributed by atoms with Gasteiger partial charge >= 0.3 is 54.8 Å². The second-order valence-corrected chi connectivity index (χ2v) is 2.35. The molecule has 0 unspecified atom stereocenters. The second-order valence-electron chi connectivity index (χ2n) is 1.07. The molecule has 6 radical (unpaired) electrons. The molecule has 7 heteroatoms. The van der Waals surface area contributed by atoms with Crippen LogP contribution in [-0.4, -0.2) is 40.9 Å². The molecule has 0 aliphatic rings. The summed E-state index contributed by atoms with van der Waals surface area (Å²) in [5.74, 6) is 0. The third-order valence-corrected chi connectivity index (χ3v) is 1.30. The fourth-order valence-corrected chi connectivity index (χ4v) is 0.725. The van der Waals surface area contributed by atoms with Crippen LogP contribution in [0.15, 0.2) is 18.5 Å². The molecule has 0 amide bonds. The van der Waals surface area contributed by atoms with E-state index < -0.39 is 0 Å². The van der Waals surface area contributed by atoms with E-state index in [1.165, 1.54) is 22.5 Å². The van der Waals surface area contributed by atoms with Crippen molar-refractivity contribution in [2.45, 2.75) is 0 Å². The summed E-state index contributed by atoms with van der Waals surface area (Å²) in [5.41, 5.74) is 0. The molecule has 0 fully saturated rings. The Bertz CT molecular complexity index is 153. The summed E-state index contributed by atoms with van der Waals surface area (Å²) in [5, 5.41) is 0. The maximum absolute atomic E-state index is 3.91. The summed E-state index contributed by atoms with van der Waals surface area (Å²) in [7, 11) is 0. The van der Waals surface area contributed by atoms with E-state index in [4.69, 9.17) is 0 Å². The first kappa shape index (κ1) is 23.7. The topological polar surface area (TPSA) is 25.8 Å². The van der Waals surface area contributed by atoms with E-state index in [0.29, 0.717) is 0 Å². The first-order valence-electron chi connectivity index (χ1n) is 1.88. The van der Waals surface area contributed by atoms with Crippen molar-refractivity contribution in [3.05, 3.63) is 18.5 Å². The Morgan fingerprint density at radius 1 is 1.00 bits per heavy atom. The van der Waals surface area contributed by atoms with Crippen LogP contribution in [-0.2, 0) is 0 Å². The molecule has 1 aromatic rings. The summed E-state index contributed by atoms with van der Waals surface area (Å²) >= 11 is 1.27. The van der Waals surface area contributed by atoms with Crippen molar-refractivity contribution in [3.8, 4) is 0 Å². The molecule has 0 saturated heterocycles. The van der Waals surface area contributed by atoms with Gasteiger partial charge < -0.3 is 0 Å². The average Bonchev–Trinajstić information content (AvgIpc) is 1.69. The molecular formula is C4H3BN2SnU3. The molecule has 1 aromatic heterocycles. The zero-order valence-electron chi connectivity index (χ0n) is 5.70. The third-order valence-electron chi connectivity index (χ3n) is 0.566. The molecule has 0 atom stereocenters. The van der Waals surface area contributed by atoms with E-state index in [1.54, 1.807) is 12.4 Å². The quantitative estimate of drug-likeness (QED) is 0.309. The van der Waals surface area contributed by atoms with Crippen molar-refractivity contribution in [3.63, 3.8) is 0 Å². The van der Waals surface area contributed by atoms with Crippen molar-refractivity contribution < 1.29 is 93.3 Å². The minimum atomic E-state index is 0. The van der Waals surface area contributed by atoms with Crippen molar-refractivity contribution in [1.82, 2.24) is 9.97 Å². The summed E-state index contributed by atoms with van der Waals surface area (Å²) in [6, 6.07) is 1.81. The fourth-order valence-electron chi connectivity index (χ4n) is 0.299. The molecule has 1 rings (SSSR count). The van der Waals surface area contributed by atoms with Crippen LogP contribution in [0.5, 0.6) is 0 Å². The zero-order chi connectivity index (χ0) is 5.11. The first-order valence-corrected chi connectivity index (χ1v) is 3.31. The van der Waals surface area contributed by atoms with Gasteiger partial charge in [0.1, 0.15) is 0 Å². The van der Waals surface area contributed by atoms with Gasteiger partial charge in [0, 0.05) is 102 Å². The second kappa shape index (κ2) is 15.6. The molecule has 0 saturated carbocycles. The molecule has 48 valence electrons. The van der Waals surface area contributed by atoms with Crippen LogP contribution >= 0.6 is 0 Å². The summed E-state index contributed by atoms with van der Waals surface area (Å²) < 4.78 is 0.912. The van der Waals surface area contributed by atoms with Gasteiger partial charge in [0.2, 0.25) is 0 Å². The third kappa shape index (κ3) is 13.1. The van der Waals surface area contributed by atoms with E-state index in [-0.39, 0.29) is 102 Å². The van der Waals surface area contributed by atoms with Gasteiger partial charge in [0.05, 0.1) is 0 Å². The molecule has 2 nitrogen and oxygen atoms in total. The Morgan fingerprint density at radius 3 is 1.55 bits per heavy atom. The molecule has 0 aliphatic carbocycles. The summed E-state index contributed by atoms with van der Waals surface area (Å²) in [6.07, 6.45) is 3.49. The van der Waals surface area contributed by atoms with Crippen molar-refractivity contribution in [1.29, 1.82) is 0 Å². The van der Waals surface area contributed by atoms with Crippen LogP contribution < -0.4 is 3.84 Å². The monoisotopic (exact) mass is 924 g/mol. The van der Waals surface area contributed by atoms with Gasteiger partial charge in [-0.2, -0.15) is 0 Å². The van der Waals surface area contributed by atoms with E-state index in [1.807, 2.05) is 6.07 Å². The van der Waals surface area contributed by atoms with Gasteiger partial charge in [-0.05, 0) is 0 Å². The van der Waals surface area contributed by atoms with Crippen LogP contribution in [0, 0.1) is 93.3 Å². The van der Waals surface area contributed by atoms with Gasteiger partial charge in [-0.15, -0.1) is 0 Å². The smallest absolute Gasteiger partial charge is 0 e. The largest absolute Gasteiger partial charge is 0 e. The fraction of sp³-hybridized carbons (Fsp3) is 0. The average molecular weight is 923 g/mol. The predicted octanol–water partition coefficient (Wildman–Crippen LogP) is -1.11. The molecule has 1 heterocycles. The van der Waals surface area contributed by atoms with Crippen molar-refractivity contribution >= 4 is 34.8 Å². The number of nitrogens with zero attached hydrogens (tertiary/aromatic N) is 2. The molecule has 0 aromatic carbocycles. The van der Waals surface area contributed by atoms with Gasteiger partial charge in [0.25, 0.3) is 0 Å². The van der Waals surface area contributed by atoms with Gasteiger partial charge in [-0.25, -0.2) is 0 Å². The van der Waals surface area contributed by atoms with E-state index in [9.17, 15) is 0 Å². The molecule has 0 N–H and O–H groups in total. The Labute approximate surface area is 153 Å². The Morgan fingerprint density at radius 2 is 1.36 bits per heavy atom. The van der Waals surface area contributed by atoms with Crippen LogP contribution in [0.25, 0.3) is 0 Å². The van der Waals surface area contributed by atoms with E-state index >= 15 is 0 Å². The Balaban J connectivity index is -0.0000000612. The molecule has 11 heavy (non-hydrogen) atoms. The van der Waals surface area contributed by atoms with Gasteiger partial charge in [0.15, 0.2) is 0 Å². The van der Waals surface area contributed by atoms with Gasteiger partial charge in [-0.3, -0.25) is 0 Å². The van der Waals surface area contributed by atoms with Gasteiger partial charge in [-0.1, -0.05) is 0 Å². The SMILES string of the molecule is [B].[Sn][c]1ncccn1.[U].[U].[U]. The predicted molar refractivity (Wildman–Crippen MR) is 33.2 cm³/mol. The number of hydrogen-bond donors (Lipinski definition) is 0. The molecule has 0 spiro atoms. The summed E-state index contributed by atoms with van der Waals surface area (Å²) in [6.45, 7) is 0.